The van der Waals surface area contributed by atoms with E-state index in [9.17, 15) is 23.8 Å². The van der Waals surface area contributed by atoms with E-state index >= 15 is 0 Å². The molecule has 1 saturated carbocycles. The number of carbonyl (C=O) groups excluding carboxylic acids is 1. The molecule has 3 rings (SSSR count). The number of rotatable bonds is 5. The minimum Gasteiger partial charge on any atom is -0.504 e. The summed E-state index contributed by atoms with van der Waals surface area (Å²) in [6.07, 6.45) is 5.84. The normalized spacial score (nSPS) is 15.2. The number of aromatic nitrogens is 2. The van der Waals surface area contributed by atoms with Crippen LogP contribution in [0.25, 0.3) is 0 Å². The number of carbonyl (C=O) groups is 1. The van der Waals surface area contributed by atoms with E-state index in [1.54, 1.807) is 0 Å². The molecule has 1 aliphatic carbocycles. The third-order valence-corrected chi connectivity index (χ3v) is 4.62. The van der Waals surface area contributed by atoms with Crippen molar-refractivity contribution in [1.29, 1.82) is 0 Å². The number of hydrogen-bond acceptors (Lipinski definition) is 6. The van der Waals surface area contributed by atoms with Gasteiger partial charge in [-0.15, -0.1) is 0 Å². The molecule has 1 aromatic heterocycles. The topological polar surface area (TPSA) is 107 Å². The van der Waals surface area contributed by atoms with Crippen molar-refractivity contribution in [1.82, 2.24) is 15.3 Å². The number of phenolic OH excluding ortho intramolecular Hbond substituents is 2. The molecule has 0 atom stereocenters. The van der Waals surface area contributed by atoms with Crippen LogP contribution in [0.3, 0.4) is 0 Å². The van der Waals surface area contributed by atoms with Crippen molar-refractivity contribution in [2.24, 2.45) is 0 Å². The Morgan fingerprint density at radius 2 is 1.89 bits per heavy atom. The number of benzene rings is 1. The second kappa shape index (κ2) is 7.95. The Bertz CT molecular complexity index is 865. The summed E-state index contributed by atoms with van der Waals surface area (Å²) in [5.41, 5.74) is -0.654. The monoisotopic (exact) mass is 392 g/mol. The average molecular weight is 392 g/mol. The van der Waals surface area contributed by atoms with Gasteiger partial charge in [0.15, 0.2) is 11.5 Å². The van der Waals surface area contributed by atoms with E-state index in [2.05, 4.69) is 20.6 Å². The van der Waals surface area contributed by atoms with E-state index in [-0.39, 0.29) is 29.1 Å². The third-order valence-electron chi connectivity index (χ3n) is 4.62. The number of halogens is 2. The third kappa shape index (κ3) is 4.65. The smallest absolute Gasteiger partial charge is 0.287 e. The summed E-state index contributed by atoms with van der Waals surface area (Å²) in [5.74, 6) is -4.82. The van der Waals surface area contributed by atoms with Gasteiger partial charge in [0.05, 0.1) is 5.56 Å². The van der Waals surface area contributed by atoms with Gasteiger partial charge in [0.25, 0.3) is 11.8 Å². The molecule has 1 amide bonds. The zero-order chi connectivity index (χ0) is 20.3. The predicted octanol–water partition coefficient (Wildman–Crippen LogP) is 3.81. The fraction of sp³-hybridized carbons (Fsp3) is 0.421. The summed E-state index contributed by atoms with van der Waals surface area (Å²) in [6, 6.07) is 3.83. The number of aromatic hydroxyl groups is 2. The van der Waals surface area contributed by atoms with Crippen molar-refractivity contribution in [2.45, 2.75) is 51.0 Å². The SMILES string of the molecule is CC(F)(F)c1nc(Nc2ccc(O)c(O)c2)ncc1C(=O)NC1CCCCC1. The van der Waals surface area contributed by atoms with Crippen LogP contribution in [-0.2, 0) is 5.92 Å². The summed E-state index contributed by atoms with van der Waals surface area (Å²) in [7, 11) is 0. The van der Waals surface area contributed by atoms with Crippen LogP contribution in [-0.4, -0.2) is 32.1 Å². The van der Waals surface area contributed by atoms with Crippen LogP contribution in [0.2, 0.25) is 0 Å². The van der Waals surface area contributed by atoms with Crippen LogP contribution in [0.4, 0.5) is 20.4 Å². The Morgan fingerprint density at radius 3 is 2.54 bits per heavy atom. The lowest BCUT2D eigenvalue weighted by molar-refractivity contribution is 0.0115. The van der Waals surface area contributed by atoms with Gasteiger partial charge in [-0.05, 0) is 25.0 Å². The number of alkyl halides is 2. The molecule has 1 heterocycles. The van der Waals surface area contributed by atoms with E-state index in [1.807, 2.05) is 0 Å². The molecular formula is C19H22F2N4O3. The van der Waals surface area contributed by atoms with E-state index in [4.69, 9.17) is 0 Å². The molecule has 0 aliphatic heterocycles. The Labute approximate surface area is 160 Å². The van der Waals surface area contributed by atoms with Crippen LogP contribution >= 0.6 is 0 Å². The van der Waals surface area contributed by atoms with Gasteiger partial charge in [-0.3, -0.25) is 4.79 Å². The molecule has 1 aliphatic rings. The minimum absolute atomic E-state index is 0.0302. The predicted molar refractivity (Wildman–Crippen MR) is 99.0 cm³/mol. The highest BCUT2D eigenvalue weighted by atomic mass is 19.3. The summed E-state index contributed by atoms with van der Waals surface area (Å²) < 4.78 is 28.2. The molecule has 9 heteroatoms. The fourth-order valence-corrected chi connectivity index (χ4v) is 3.18. The van der Waals surface area contributed by atoms with Crippen molar-refractivity contribution in [2.75, 3.05) is 5.32 Å². The second-order valence-electron chi connectivity index (χ2n) is 6.98. The van der Waals surface area contributed by atoms with Crippen LogP contribution in [0.5, 0.6) is 11.5 Å². The quantitative estimate of drug-likeness (QED) is 0.455. The zero-order valence-corrected chi connectivity index (χ0v) is 15.4. The lowest BCUT2D eigenvalue weighted by Crippen LogP contribution is -2.37. The minimum atomic E-state index is -3.35. The Balaban J connectivity index is 1.84. The van der Waals surface area contributed by atoms with Crippen LogP contribution in [0, 0.1) is 0 Å². The van der Waals surface area contributed by atoms with Gasteiger partial charge in [-0.1, -0.05) is 19.3 Å². The number of hydrogen-bond donors (Lipinski definition) is 4. The van der Waals surface area contributed by atoms with E-state index in [0.29, 0.717) is 12.6 Å². The molecule has 0 saturated heterocycles. The number of phenols is 2. The van der Waals surface area contributed by atoms with Gasteiger partial charge in [-0.2, -0.15) is 8.78 Å². The highest BCUT2D eigenvalue weighted by molar-refractivity contribution is 5.95. The Hall–Kier alpha value is -2.97. The summed E-state index contributed by atoms with van der Waals surface area (Å²) in [4.78, 5) is 20.3. The maximum Gasteiger partial charge on any atom is 0.287 e. The Morgan fingerprint density at radius 1 is 1.18 bits per heavy atom. The largest absolute Gasteiger partial charge is 0.504 e. The van der Waals surface area contributed by atoms with Gasteiger partial charge >= 0.3 is 0 Å². The Kier molecular flexibility index (Phi) is 5.62. The molecule has 28 heavy (non-hydrogen) atoms. The maximum absolute atomic E-state index is 14.1. The summed E-state index contributed by atoms with van der Waals surface area (Å²) >= 11 is 0. The molecule has 1 aromatic carbocycles. The second-order valence-corrected chi connectivity index (χ2v) is 6.98. The van der Waals surface area contributed by atoms with Gasteiger partial charge < -0.3 is 20.8 Å². The molecule has 7 nitrogen and oxygen atoms in total. The van der Waals surface area contributed by atoms with Gasteiger partial charge in [0.2, 0.25) is 5.95 Å². The van der Waals surface area contributed by atoms with Crippen LogP contribution < -0.4 is 10.6 Å². The van der Waals surface area contributed by atoms with Gasteiger partial charge in [0.1, 0.15) is 5.69 Å². The maximum atomic E-state index is 14.1. The van der Waals surface area contributed by atoms with Crippen molar-refractivity contribution in [3.8, 4) is 11.5 Å². The highest BCUT2D eigenvalue weighted by Gasteiger charge is 2.33. The van der Waals surface area contributed by atoms with Crippen LogP contribution in [0.15, 0.2) is 24.4 Å². The van der Waals surface area contributed by atoms with Gasteiger partial charge in [0, 0.05) is 30.9 Å². The van der Waals surface area contributed by atoms with Gasteiger partial charge in [-0.25, -0.2) is 9.97 Å². The van der Waals surface area contributed by atoms with Crippen molar-refractivity contribution in [3.63, 3.8) is 0 Å². The van der Waals surface area contributed by atoms with E-state index in [0.717, 1.165) is 38.3 Å². The van der Waals surface area contributed by atoms with E-state index < -0.39 is 17.5 Å². The summed E-state index contributed by atoms with van der Waals surface area (Å²) in [6.45, 7) is 0.670. The standard InChI is InChI=1S/C19H22F2N4O3/c1-19(20,21)16-13(17(28)23-11-5-3-2-4-6-11)10-22-18(25-16)24-12-7-8-14(26)15(27)9-12/h7-11,26-27H,2-6H2,1H3,(H,23,28)(H,22,24,25). The molecule has 0 radical (unpaired) electrons. The average Bonchev–Trinajstić information content (AvgIpc) is 2.65. The number of nitrogens with one attached hydrogen (secondary N) is 2. The lowest BCUT2D eigenvalue weighted by atomic mass is 9.95. The van der Waals surface area contributed by atoms with Crippen molar-refractivity contribution in [3.05, 3.63) is 35.7 Å². The number of anilines is 2. The first-order valence-electron chi connectivity index (χ1n) is 9.09. The van der Waals surface area contributed by atoms with Crippen molar-refractivity contribution >= 4 is 17.5 Å². The first kappa shape index (κ1) is 19.8. The van der Waals surface area contributed by atoms with Crippen LogP contribution in [0.1, 0.15) is 55.1 Å². The first-order chi connectivity index (χ1) is 13.2. The zero-order valence-electron chi connectivity index (χ0n) is 15.4. The number of amides is 1. The molecule has 0 spiro atoms. The summed E-state index contributed by atoms with van der Waals surface area (Å²) in [5, 5.41) is 24.3. The fourth-order valence-electron chi connectivity index (χ4n) is 3.18. The molecule has 0 unspecified atom stereocenters. The molecule has 1 fully saturated rings. The highest BCUT2D eigenvalue weighted by Crippen LogP contribution is 2.31. The van der Waals surface area contributed by atoms with E-state index in [1.165, 1.54) is 18.2 Å². The number of nitrogens with zero attached hydrogens (tertiary/aromatic N) is 2. The van der Waals surface area contributed by atoms with Crippen molar-refractivity contribution < 1.29 is 23.8 Å². The first-order valence-corrected chi connectivity index (χ1v) is 9.09. The molecule has 2 aromatic rings. The molecule has 150 valence electrons. The molecule has 4 N–H and O–H groups in total. The molecular weight excluding hydrogens is 370 g/mol. The lowest BCUT2D eigenvalue weighted by Gasteiger charge is -2.23. The molecule has 0 bridgehead atoms.